The van der Waals surface area contributed by atoms with Crippen molar-refractivity contribution in [1.29, 1.82) is 0 Å². The maximum absolute atomic E-state index is 11.9. The molecule has 0 saturated heterocycles. The zero-order valence-corrected chi connectivity index (χ0v) is 12.6. The summed E-state index contributed by atoms with van der Waals surface area (Å²) in [6, 6.07) is 11.2. The minimum Gasteiger partial charge on any atom is -0.492 e. The Morgan fingerprint density at radius 3 is 2.77 bits per heavy atom. The van der Waals surface area contributed by atoms with Gasteiger partial charge in [-0.3, -0.25) is 4.57 Å². The Balaban J connectivity index is 1.75. The Morgan fingerprint density at radius 2 is 2.00 bits per heavy atom. The van der Waals surface area contributed by atoms with Crippen LogP contribution in [0.2, 0.25) is 0 Å². The Hall–Kier alpha value is -2.69. The molecule has 0 unspecified atom stereocenters. The van der Waals surface area contributed by atoms with Gasteiger partial charge in [-0.05, 0) is 55.3 Å². The van der Waals surface area contributed by atoms with Crippen LogP contribution in [-0.2, 0) is 6.54 Å². The quantitative estimate of drug-likeness (QED) is 0.752. The van der Waals surface area contributed by atoms with Crippen LogP contribution in [0.4, 0.5) is 5.69 Å². The van der Waals surface area contributed by atoms with E-state index in [0.29, 0.717) is 18.7 Å². The van der Waals surface area contributed by atoms with Gasteiger partial charge in [-0.15, -0.1) is 0 Å². The number of nitrogen functional groups attached to an aromatic ring is 1. The molecule has 2 N–H and O–H groups in total. The number of aryl methyl sites for hydroxylation is 2. The Bertz CT molecular complexity index is 877. The van der Waals surface area contributed by atoms with Crippen LogP contribution in [0.25, 0.3) is 11.1 Å². The molecule has 1 heterocycles. The van der Waals surface area contributed by atoms with Gasteiger partial charge in [0.15, 0.2) is 5.58 Å². The highest BCUT2D eigenvalue weighted by atomic mass is 16.5. The SMILES string of the molecule is Cc1ccc2c(c1)oc(=O)n2CCOc1ccc(N)c(C)c1. The van der Waals surface area contributed by atoms with Crippen LogP contribution in [0.1, 0.15) is 11.1 Å². The molecule has 0 aliphatic rings. The number of anilines is 1. The van der Waals surface area contributed by atoms with Gasteiger partial charge in [-0.25, -0.2) is 4.79 Å². The summed E-state index contributed by atoms with van der Waals surface area (Å²) in [6.45, 7) is 4.70. The van der Waals surface area contributed by atoms with E-state index in [1.54, 1.807) is 4.57 Å². The minimum absolute atomic E-state index is 0.363. The van der Waals surface area contributed by atoms with E-state index in [1.165, 1.54) is 0 Å². The van der Waals surface area contributed by atoms with Gasteiger partial charge in [0.05, 0.1) is 12.1 Å². The predicted octanol–water partition coefficient (Wildman–Crippen LogP) is 2.87. The normalized spacial score (nSPS) is 11.0. The van der Waals surface area contributed by atoms with E-state index in [-0.39, 0.29) is 5.76 Å². The summed E-state index contributed by atoms with van der Waals surface area (Å²) in [4.78, 5) is 11.9. The molecule has 0 aliphatic heterocycles. The highest BCUT2D eigenvalue weighted by Crippen LogP contribution is 2.19. The van der Waals surface area contributed by atoms with E-state index in [0.717, 1.165) is 28.1 Å². The number of nitrogens with zero attached hydrogens (tertiary/aromatic N) is 1. The lowest BCUT2D eigenvalue weighted by molar-refractivity contribution is 0.294. The fourth-order valence-electron chi connectivity index (χ4n) is 2.38. The molecule has 1 aromatic heterocycles. The fourth-order valence-corrected chi connectivity index (χ4v) is 2.38. The molecule has 0 atom stereocenters. The molecule has 0 bridgehead atoms. The first-order valence-corrected chi connectivity index (χ1v) is 7.13. The topological polar surface area (TPSA) is 70.4 Å². The summed E-state index contributed by atoms with van der Waals surface area (Å²) in [5.41, 5.74) is 9.93. The summed E-state index contributed by atoms with van der Waals surface area (Å²) in [7, 11) is 0. The molecule has 2 aromatic carbocycles. The van der Waals surface area contributed by atoms with E-state index in [1.807, 2.05) is 50.2 Å². The first kappa shape index (κ1) is 14.3. The third-order valence-electron chi connectivity index (χ3n) is 3.65. The van der Waals surface area contributed by atoms with Gasteiger partial charge < -0.3 is 14.9 Å². The first-order valence-electron chi connectivity index (χ1n) is 7.13. The monoisotopic (exact) mass is 298 g/mol. The van der Waals surface area contributed by atoms with Crippen molar-refractivity contribution < 1.29 is 9.15 Å². The molecule has 0 aliphatic carbocycles. The Kier molecular flexibility index (Phi) is 3.63. The number of hydrogen-bond donors (Lipinski definition) is 1. The number of fused-ring (bicyclic) bond motifs is 1. The summed E-state index contributed by atoms with van der Waals surface area (Å²) in [5.74, 6) is 0.376. The molecule has 0 amide bonds. The zero-order chi connectivity index (χ0) is 15.7. The second kappa shape index (κ2) is 5.60. The van der Waals surface area contributed by atoms with Gasteiger partial charge in [0.25, 0.3) is 0 Å². The lowest BCUT2D eigenvalue weighted by Gasteiger charge is -2.08. The molecule has 0 spiro atoms. The van der Waals surface area contributed by atoms with E-state index >= 15 is 0 Å². The largest absolute Gasteiger partial charge is 0.492 e. The lowest BCUT2D eigenvalue weighted by atomic mass is 10.2. The number of oxazole rings is 1. The second-order valence-electron chi connectivity index (χ2n) is 5.36. The fraction of sp³-hybridized carbons (Fsp3) is 0.235. The van der Waals surface area contributed by atoms with E-state index < -0.39 is 0 Å². The van der Waals surface area contributed by atoms with Gasteiger partial charge in [0, 0.05) is 5.69 Å². The summed E-state index contributed by atoms with van der Waals surface area (Å²) in [5, 5.41) is 0. The van der Waals surface area contributed by atoms with Gasteiger partial charge in [0.1, 0.15) is 12.4 Å². The number of benzene rings is 2. The molecule has 0 fully saturated rings. The van der Waals surface area contributed by atoms with Crippen LogP contribution in [0.3, 0.4) is 0 Å². The molecule has 3 aromatic rings. The van der Waals surface area contributed by atoms with Gasteiger partial charge in [-0.2, -0.15) is 0 Å². The van der Waals surface area contributed by atoms with Gasteiger partial charge in [0.2, 0.25) is 0 Å². The van der Waals surface area contributed by atoms with Crippen molar-refractivity contribution in [2.75, 3.05) is 12.3 Å². The van der Waals surface area contributed by atoms with Crippen LogP contribution in [0, 0.1) is 13.8 Å². The van der Waals surface area contributed by atoms with Crippen molar-refractivity contribution >= 4 is 16.8 Å². The maximum atomic E-state index is 11.9. The highest BCUT2D eigenvalue weighted by Gasteiger charge is 2.09. The molecular formula is C17H18N2O3. The molecule has 3 rings (SSSR count). The van der Waals surface area contributed by atoms with Crippen LogP contribution in [0.15, 0.2) is 45.6 Å². The van der Waals surface area contributed by atoms with E-state index in [9.17, 15) is 4.79 Å². The molecule has 5 nitrogen and oxygen atoms in total. The van der Waals surface area contributed by atoms with Crippen LogP contribution >= 0.6 is 0 Å². The smallest absolute Gasteiger partial charge is 0.420 e. The van der Waals surface area contributed by atoms with Crippen LogP contribution in [-0.4, -0.2) is 11.2 Å². The van der Waals surface area contributed by atoms with Crippen molar-refractivity contribution in [1.82, 2.24) is 4.57 Å². The first-order chi connectivity index (χ1) is 10.5. The zero-order valence-electron chi connectivity index (χ0n) is 12.6. The standard InChI is InChI=1S/C17H18N2O3/c1-11-3-6-15-16(9-11)22-17(20)19(15)7-8-21-13-4-5-14(18)12(2)10-13/h3-6,9-10H,7-8,18H2,1-2H3. The molecule has 0 radical (unpaired) electrons. The number of rotatable bonds is 4. The molecule has 0 saturated carbocycles. The third-order valence-corrected chi connectivity index (χ3v) is 3.65. The van der Waals surface area contributed by atoms with Crippen molar-refractivity contribution in [3.8, 4) is 5.75 Å². The number of hydrogen-bond acceptors (Lipinski definition) is 4. The van der Waals surface area contributed by atoms with Crippen molar-refractivity contribution in [2.45, 2.75) is 20.4 Å². The number of ether oxygens (including phenoxy) is 1. The van der Waals surface area contributed by atoms with Crippen molar-refractivity contribution in [3.05, 3.63) is 58.1 Å². The predicted molar refractivity (Wildman–Crippen MR) is 86.3 cm³/mol. The minimum atomic E-state index is -0.363. The second-order valence-corrected chi connectivity index (χ2v) is 5.36. The highest BCUT2D eigenvalue weighted by molar-refractivity contribution is 5.73. The average Bonchev–Trinajstić information content (AvgIpc) is 2.78. The average molecular weight is 298 g/mol. The third kappa shape index (κ3) is 2.70. The summed E-state index contributed by atoms with van der Waals surface area (Å²) in [6.07, 6.45) is 0. The molecular weight excluding hydrogens is 280 g/mol. The number of nitrogens with two attached hydrogens (primary N) is 1. The van der Waals surface area contributed by atoms with Gasteiger partial charge in [-0.1, -0.05) is 6.07 Å². The summed E-state index contributed by atoms with van der Waals surface area (Å²) >= 11 is 0. The number of aromatic nitrogens is 1. The molecule has 22 heavy (non-hydrogen) atoms. The molecule has 5 heteroatoms. The van der Waals surface area contributed by atoms with E-state index in [2.05, 4.69) is 0 Å². The van der Waals surface area contributed by atoms with E-state index in [4.69, 9.17) is 14.9 Å². The van der Waals surface area contributed by atoms with Crippen LogP contribution < -0.4 is 16.2 Å². The van der Waals surface area contributed by atoms with Crippen molar-refractivity contribution in [3.63, 3.8) is 0 Å². The van der Waals surface area contributed by atoms with Crippen LogP contribution in [0.5, 0.6) is 5.75 Å². The Labute approximate surface area is 127 Å². The maximum Gasteiger partial charge on any atom is 0.420 e. The lowest BCUT2D eigenvalue weighted by Crippen LogP contribution is -2.18. The van der Waals surface area contributed by atoms with Gasteiger partial charge >= 0.3 is 5.76 Å². The molecule has 114 valence electrons. The summed E-state index contributed by atoms with van der Waals surface area (Å²) < 4.78 is 12.5. The van der Waals surface area contributed by atoms with Crippen molar-refractivity contribution in [2.24, 2.45) is 0 Å². The Morgan fingerprint density at radius 1 is 1.18 bits per heavy atom.